The van der Waals surface area contributed by atoms with Gasteiger partial charge >= 0.3 is 106 Å². The molecule has 0 unspecified atom stereocenters. The Labute approximate surface area is 106 Å². The minimum absolute atomic E-state index is 0.756. The first-order chi connectivity index (χ1) is 7.49. The van der Waals surface area contributed by atoms with Gasteiger partial charge in [0.1, 0.15) is 0 Å². The fourth-order valence-electron chi connectivity index (χ4n) is 1.55. The zero-order valence-corrected chi connectivity index (χ0v) is 11.2. The van der Waals surface area contributed by atoms with E-state index in [0.717, 1.165) is 10.6 Å². The van der Waals surface area contributed by atoms with Crippen molar-refractivity contribution < 1.29 is 4.89 Å². The van der Waals surface area contributed by atoms with Crippen LogP contribution < -0.4 is 10.6 Å². The van der Waals surface area contributed by atoms with Crippen LogP contribution in [-0.2, 0) is 0 Å². The van der Waals surface area contributed by atoms with Crippen LogP contribution in [-0.4, -0.2) is 4.89 Å². The molecule has 1 nitrogen and oxygen atoms in total. The van der Waals surface area contributed by atoms with Crippen molar-refractivity contribution in [1.29, 1.82) is 0 Å². The zero-order chi connectivity index (χ0) is 11.7. The van der Waals surface area contributed by atoms with Crippen LogP contribution in [0.15, 0.2) is 60.7 Å². The molecule has 2 aromatic rings. The normalized spacial score (nSPS) is 14.1. The summed E-state index contributed by atoms with van der Waals surface area (Å²) in [6, 6.07) is 18.7. The van der Waals surface area contributed by atoms with Gasteiger partial charge < -0.3 is 0 Å². The van der Waals surface area contributed by atoms with Crippen LogP contribution in [0.1, 0.15) is 0 Å². The van der Waals surface area contributed by atoms with Gasteiger partial charge in [-0.15, -0.1) is 0 Å². The van der Waals surface area contributed by atoms with Crippen molar-refractivity contribution in [2.24, 2.45) is 0 Å². The molecule has 0 radical (unpaired) electrons. The first-order valence-corrected chi connectivity index (χ1v) is 9.36. The maximum atomic E-state index is 10.8. The molecule has 0 heterocycles. The summed E-state index contributed by atoms with van der Waals surface area (Å²) >= 11 is 8.95. The van der Waals surface area contributed by atoms with Crippen molar-refractivity contribution in [2.45, 2.75) is 0 Å². The average molecular weight is 268 g/mol. The number of thiol groups is 2. The van der Waals surface area contributed by atoms with Crippen LogP contribution in [0.5, 0.6) is 0 Å². The monoisotopic (exact) mass is 268 g/mol. The molecule has 0 aromatic heterocycles. The van der Waals surface area contributed by atoms with Crippen molar-refractivity contribution in [3.8, 4) is 0 Å². The number of hydrogen-bond acceptors (Lipinski definition) is 3. The summed E-state index contributed by atoms with van der Waals surface area (Å²) in [5.41, 5.74) is 0. The molecule has 0 aliphatic heterocycles. The van der Waals surface area contributed by atoms with Gasteiger partial charge in [-0.3, -0.25) is 0 Å². The van der Waals surface area contributed by atoms with Crippen molar-refractivity contribution in [1.82, 2.24) is 0 Å². The van der Waals surface area contributed by atoms with Crippen molar-refractivity contribution in [3.05, 3.63) is 60.7 Å². The molecule has 2 rings (SSSR count). The molecule has 0 aliphatic carbocycles. The second-order valence-electron chi connectivity index (χ2n) is 3.65. The van der Waals surface area contributed by atoms with E-state index < -0.39 is 5.23 Å². The first kappa shape index (κ1) is 12.0. The SMILES string of the molecule is OP(S)(S)(c1ccccc1)c1ccccc1. The summed E-state index contributed by atoms with van der Waals surface area (Å²) in [4.78, 5) is 10.8. The van der Waals surface area contributed by atoms with Crippen LogP contribution in [0.3, 0.4) is 0 Å². The van der Waals surface area contributed by atoms with Gasteiger partial charge in [0.2, 0.25) is 0 Å². The van der Waals surface area contributed by atoms with Crippen LogP contribution in [0.25, 0.3) is 0 Å². The molecule has 0 spiro atoms. The molecule has 0 amide bonds. The Morgan fingerprint density at radius 2 is 1.00 bits per heavy atom. The number of benzene rings is 2. The van der Waals surface area contributed by atoms with Gasteiger partial charge in [0.05, 0.1) is 0 Å². The van der Waals surface area contributed by atoms with E-state index >= 15 is 0 Å². The van der Waals surface area contributed by atoms with Gasteiger partial charge in [-0.25, -0.2) is 0 Å². The Hall–Kier alpha value is -0.470. The fourth-order valence-corrected chi connectivity index (χ4v) is 4.89. The van der Waals surface area contributed by atoms with E-state index in [2.05, 4.69) is 24.5 Å². The van der Waals surface area contributed by atoms with E-state index in [1.54, 1.807) is 0 Å². The molecular formula is C12H13OPS2. The van der Waals surface area contributed by atoms with E-state index in [9.17, 15) is 4.89 Å². The quantitative estimate of drug-likeness (QED) is 0.565. The van der Waals surface area contributed by atoms with Gasteiger partial charge in [-0.1, -0.05) is 0 Å². The molecule has 84 valence electrons. The molecule has 0 fully saturated rings. The molecule has 0 atom stereocenters. The van der Waals surface area contributed by atoms with E-state index in [0.29, 0.717) is 0 Å². The molecule has 0 aliphatic rings. The summed E-state index contributed by atoms with van der Waals surface area (Å²) in [6.07, 6.45) is 0. The van der Waals surface area contributed by atoms with Gasteiger partial charge in [0, 0.05) is 0 Å². The van der Waals surface area contributed by atoms with E-state index in [1.807, 2.05) is 60.7 Å². The first-order valence-electron chi connectivity index (χ1n) is 4.87. The minimum atomic E-state index is -3.54. The van der Waals surface area contributed by atoms with Crippen molar-refractivity contribution in [2.75, 3.05) is 0 Å². The Morgan fingerprint density at radius 3 is 1.31 bits per heavy atom. The summed E-state index contributed by atoms with van der Waals surface area (Å²) in [5.74, 6) is 0. The van der Waals surface area contributed by atoms with Crippen molar-refractivity contribution in [3.63, 3.8) is 0 Å². The van der Waals surface area contributed by atoms with Crippen LogP contribution in [0.4, 0.5) is 0 Å². The van der Waals surface area contributed by atoms with E-state index in [4.69, 9.17) is 0 Å². The zero-order valence-electron chi connectivity index (χ0n) is 8.56. The second-order valence-corrected chi connectivity index (χ2v) is 12.3. The molecule has 16 heavy (non-hydrogen) atoms. The van der Waals surface area contributed by atoms with Crippen molar-refractivity contribution >= 4 is 40.3 Å². The predicted octanol–water partition coefficient (Wildman–Crippen LogP) is 2.79. The number of hydrogen-bond donors (Lipinski definition) is 3. The molecule has 2 aromatic carbocycles. The third-order valence-corrected chi connectivity index (χ3v) is 7.73. The molecule has 4 heteroatoms. The molecule has 0 saturated carbocycles. The third-order valence-electron chi connectivity index (χ3n) is 2.46. The van der Waals surface area contributed by atoms with Gasteiger partial charge in [-0.05, 0) is 0 Å². The Kier molecular flexibility index (Phi) is 3.06. The topological polar surface area (TPSA) is 20.2 Å². The Morgan fingerprint density at radius 1 is 0.688 bits per heavy atom. The van der Waals surface area contributed by atoms with E-state index in [-0.39, 0.29) is 0 Å². The summed E-state index contributed by atoms with van der Waals surface area (Å²) in [5, 5.41) is -2.03. The number of rotatable bonds is 2. The van der Waals surface area contributed by atoms with Crippen LogP contribution >= 0.6 is 29.7 Å². The fraction of sp³-hybridized carbons (Fsp3) is 0. The standard InChI is InChI=1S/C12H13OPS2/c13-14(15,16,11-7-3-1-4-8-11)12-9-5-2-6-10-12/h1-10,13,15-16H. The van der Waals surface area contributed by atoms with Crippen LogP contribution in [0, 0.1) is 0 Å². The second kappa shape index (κ2) is 4.08. The molecule has 1 N–H and O–H groups in total. The Balaban J connectivity index is 2.60. The Bertz CT molecular complexity index is 433. The molecule has 0 saturated heterocycles. The van der Waals surface area contributed by atoms with Gasteiger partial charge in [0.15, 0.2) is 0 Å². The van der Waals surface area contributed by atoms with Crippen LogP contribution in [0.2, 0.25) is 0 Å². The van der Waals surface area contributed by atoms with E-state index in [1.165, 1.54) is 0 Å². The van der Waals surface area contributed by atoms with Gasteiger partial charge in [0.25, 0.3) is 0 Å². The summed E-state index contributed by atoms with van der Waals surface area (Å²) in [7, 11) is 0. The molecule has 0 bridgehead atoms. The predicted molar refractivity (Wildman–Crippen MR) is 79.3 cm³/mol. The summed E-state index contributed by atoms with van der Waals surface area (Å²) in [6.45, 7) is 0. The summed E-state index contributed by atoms with van der Waals surface area (Å²) < 4.78 is 0. The molecular weight excluding hydrogens is 255 g/mol. The third kappa shape index (κ3) is 2.14. The maximum absolute atomic E-state index is 10.8. The average Bonchev–Trinajstić information content (AvgIpc) is 2.31. The van der Waals surface area contributed by atoms with Gasteiger partial charge in [-0.2, -0.15) is 0 Å².